The van der Waals surface area contributed by atoms with E-state index in [0.29, 0.717) is 12.1 Å². The Morgan fingerprint density at radius 2 is 1.93 bits per heavy atom. The predicted molar refractivity (Wildman–Crippen MR) is 62.7 cm³/mol. The summed E-state index contributed by atoms with van der Waals surface area (Å²) in [7, 11) is 0. The first-order chi connectivity index (χ1) is 7.07. The number of hydrogen-bond donors (Lipinski definition) is 1. The van der Waals surface area contributed by atoms with E-state index in [1.807, 2.05) is 0 Å². The van der Waals surface area contributed by atoms with Crippen molar-refractivity contribution in [3.63, 3.8) is 0 Å². The van der Waals surface area contributed by atoms with Gasteiger partial charge in [0, 0.05) is 6.04 Å². The van der Waals surface area contributed by atoms with Crippen LogP contribution in [0.25, 0.3) is 0 Å². The zero-order chi connectivity index (χ0) is 10.9. The zero-order valence-electron chi connectivity index (χ0n) is 10.2. The Bertz CT molecular complexity index is 215. The molecule has 1 heterocycles. The summed E-state index contributed by atoms with van der Waals surface area (Å²) >= 11 is 0. The molecule has 0 radical (unpaired) electrons. The predicted octanol–water partition coefficient (Wildman–Crippen LogP) is 2.85. The van der Waals surface area contributed by atoms with E-state index in [0.717, 1.165) is 5.92 Å². The van der Waals surface area contributed by atoms with Crippen LogP contribution in [0.4, 0.5) is 0 Å². The van der Waals surface area contributed by atoms with E-state index in [1.165, 1.54) is 44.9 Å². The molecule has 0 aromatic carbocycles. The first-order valence-corrected chi connectivity index (χ1v) is 6.50. The lowest BCUT2D eigenvalue weighted by Gasteiger charge is -2.31. The van der Waals surface area contributed by atoms with E-state index >= 15 is 0 Å². The van der Waals surface area contributed by atoms with Crippen molar-refractivity contribution in [3.05, 3.63) is 0 Å². The molecular formula is C13H25NO. The van der Waals surface area contributed by atoms with Crippen LogP contribution >= 0.6 is 0 Å². The minimum absolute atomic E-state index is 0.115. The number of ether oxygens (including phenoxy) is 1. The molecule has 0 amide bonds. The third-order valence-corrected chi connectivity index (χ3v) is 4.09. The second kappa shape index (κ2) is 4.42. The average molecular weight is 211 g/mol. The van der Waals surface area contributed by atoms with Crippen LogP contribution in [0.1, 0.15) is 58.8 Å². The van der Waals surface area contributed by atoms with Crippen molar-refractivity contribution >= 4 is 0 Å². The first kappa shape index (κ1) is 11.4. The molecule has 3 unspecified atom stereocenters. The lowest BCUT2D eigenvalue weighted by Crippen LogP contribution is -2.35. The van der Waals surface area contributed by atoms with Gasteiger partial charge in [0.2, 0.25) is 0 Å². The van der Waals surface area contributed by atoms with Gasteiger partial charge >= 0.3 is 0 Å². The highest BCUT2D eigenvalue weighted by Crippen LogP contribution is 2.35. The van der Waals surface area contributed by atoms with Gasteiger partial charge in [-0.2, -0.15) is 0 Å². The van der Waals surface area contributed by atoms with Gasteiger partial charge in [-0.05, 0) is 51.9 Å². The van der Waals surface area contributed by atoms with E-state index in [1.54, 1.807) is 0 Å². The number of rotatable bonds is 2. The summed E-state index contributed by atoms with van der Waals surface area (Å²) in [5, 5.41) is 0. The molecule has 0 bridgehead atoms. The summed E-state index contributed by atoms with van der Waals surface area (Å²) in [6, 6.07) is 0.436. The van der Waals surface area contributed by atoms with E-state index in [2.05, 4.69) is 13.8 Å². The van der Waals surface area contributed by atoms with Crippen LogP contribution in [-0.2, 0) is 4.74 Å². The monoisotopic (exact) mass is 211 g/mol. The van der Waals surface area contributed by atoms with E-state index in [4.69, 9.17) is 10.5 Å². The van der Waals surface area contributed by atoms with Crippen molar-refractivity contribution in [2.45, 2.75) is 76.5 Å². The van der Waals surface area contributed by atoms with Gasteiger partial charge in [-0.25, -0.2) is 0 Å². The highest BCUT2D eigenvalue weighted by atomic mass is 16.5. The second-order valence-electron chi connectivity index (χ2n) is 5.98. The molecule has 1 aliphatic heterocycles. The lowest BCUT2D eigenvalue weighted by molar-refractivity contribution is -0.0277. The minimum atomic E-state index is 0.115. The van der Waals surface area contributed by atoms with Crippen molar-refractivity contribution < 1.29 is 4.74 Å². The van der Waals surface area contributed by atoms with Crippen LogP contribution < -0.4 is 5.73 Å². The smallest absolute Gasteiger partial charge is 0.0631 e. The maximum atomic E-state index is 6.17. The highest BCUT2D eigenvalue weighted by molar-refractivity contribution is 4.86. The Morgan fingerprint density at radius 1 is 1.20 bits per heavy atom. The Labute approximate surface area is 93.6 Å². The van der Waals surface area contributed by atoms with Gasteiger partial charge in [0.1, 0.15) is 0 Å². The molecule has 2 N–H and O–H groups in total. The van der Waals surface area contributed by atoms with Gasteiger partial charge < -0.3 is 10.5 Å². The first-order valence-electron chi connectivity index (χ1n) is 6.50. The maximum absolute atomic E-state index is 6.17. The third-order valence-electron chi connectivity index (χ3n) is 4.09. The lowest BCUT2D eigenvalue weighted by atomic mass is 9.81. The van der Waals surface area contributed by atoms with Crippen molar-refractivity contribution in [1.29, 1.82) is 0 Å². The number of hydrogen-bond acceptors (Lipinski definition) is 2. The summed E-state index contributed by atoms with van der Waals surface area (Å²) in [4.78, 5) is 0. The normalized spacial score (nSPS) is 40.6. The summed E-state index contributed by atoms with van der Waals surface area (Å²) in [5.41, 5.74) is 6.28. The molecule has 1 saturated heterocycles. The molecule has 3 atom stereocenters. The Hall–Kier alpha value is -0.0800. The molecule has 2 heteroatoms. The van der Waals surface area contributed by atoms with E-state index in [-0.39, 0.29) is 5.60 Å². The molecule has 2 aliphatic rings. The number of nitrogens with two attached hydrogens (primary N) is 1. The second-order valence-corrected chi connectivity index (χ2v) is 5.98. The molecular weight excluding hydrogens is 186 g/mol. The summed E-state index contributed by atoms with van der Waals surface area (Å²) < 4.78 is 6.04. The quantitative estimate of drug-likeness (QED) is 0.762. The molecule has 0 aromatic rings. The molecule has 88 valence electrons. The standard InChI is InChI=1S/C13H25NO/c1-13(2)8-7-11(15-13)9-10-5-3-4-6-12(10)14/h10-12H,3-9,14H2,1-2H3. The third kappa shape index (κ3) is 2.94. The van der Waals surface area contributed by atoms with E-state index in [9.17, 15) is 0 Å². The van der Waals surface area contributed by atoms with Crippen LogP contribution in [0.5, 0.6) is 0 Å². The molecule has 1 saturated carbocycles. The molecule has 1 aliphatic carbocycles. The van der Waals surface area contributed by atoms with Gasteiger partial charge in [0.25, 0.3) is 0 Å². The SMILES string of the molecule is CC1(C)CCC(CC2CCCCC2N)O1. The highest BCUT2D eigenvalue weighted by Gasteiger charge is 2.34. The average Bonchev–Trinajstić information content (AvgIpc) is 2.50. The summed E-state index contributed by atoms with van der Waals surface area (Å²) in [6.45, 7) is 4.40. The van der Waals surface area contributed by atoms with Gasteiger partial charge in [-0.15, -0.1) is 0 Å². The Kier molecular flexibility index (Phi) is 3.36. The molecule has 0 aromatic heterocycles. The van der Waals surface area contributed by atoms with Crippen molar-refractivity contribution in [2.75, 3.05) is 0 Å². The fourth-order valence-electron chi connectivity index (χ4n) is 3.11. The fourth-order valence-corrected chi connectivity index (χ4v) is 3.11. The van der Waals surface area contributed by atoms with Crippen LogP contribution in [0.3, 0.4) is 0 Å². The molecule has 2 nitrogen and oxygen atoms in total. The van der Waals surface area contributed by atoms with Crippen LogP contribution in [0.15, 0.2) is 0 Å². The maximum Gasteiger partial charge on any atom is 0.0631 e. The Balaban J connectivity index is 1.81. The fraction of sp³-hybridized carbons (Fsp3) is 1.00. The summed E-state index contributed by atoms with van der Waals surface area (Å²) in [5.74, 6) is 0.720. The van der Waals surface area contributed by atoms with Crippen LogP contribution in [-0.4, -0.2) is 17.7 Å². The van der Waals surface area contributed by atoms with Crippen LogP contribution in [0, 0.1) is 5.92 Å². The Morgan fingerprint density at radius 3 is 2.53 bits per heavy atom. The van der Waals surface area contributed by atoms with Crippen LogP contribution in [0.2, 0.25) is 0 Å². The largest absolute Gasteiger partial charge is 0.372 e. The molecule has 2 rings (SSSR count). The zero-order valence-corrected chi connectivity index (χ0v) is 10.2. The van der Waals surface area contributed by atoms with Crippen molar-refractivity contribution in [2.24, 2.45) is 11.7 Å². The minimum Gasteiger partial charge on any atom is -0.372 e. The van der Waals surface area contributed by atoms with Gasteiger partial charge in [-0.3, -0.25) is 0 Å². The van der Waals surface area contributed by atoms with E-state index < -0.39 is 0 Å². The van der Waals surface area contributed by atoms with Crippen molar-refractivity contribution in [1.82, 2.24) is 0 Å². The molecule has 0 spiro atoms. The van der Waals surface area contributed by atoms with Gasteiger partial charge in [0.15, 0.2) is 0 Å². The van der Waals surface area contributed by atoms with Gasteiger partial charge in [-0.1, -0.05) is 12.8 Å². The molecule has 15 heavy (non-hydrogen) atoms. The van der Waals surface area contributed by atoms with Gasteiger partial charge in [0.05, 0.1) is 11.7 Å². The topological polar surface area (TPSA) is 35.2 Å². The summed E-state index contributed by atoms with van der Waals surface area (Å²) in [6.07, 6.45) is 9.36. The molecule has 2 fully saturated rings. The van der Waals surface area contributed by atoms with Crippen molar-refractivity contribution in [3.8, 4) is 0 Å².